The minimum Gasteiger partial charge on any atom is -0.352 e. The van der Waals surface area contributed by atoms with Gasteiger partial charge in [-0.2, -0.15) is 4.31 Å². The first kappa shape index (κ1) is 23.2. The Bertz CT molecular complexity index is 968. The Morgan fingerprint density at radius 2 is 1.72 bits per heavy atom. The van der Waals surface area contributed by atoms with Crippen molar-refractivity contribution in [1.82, 2.24) is 19.4 Å². The molecule has 2 amide bonds. The van der Waals surface area contributed by atoms with E-state index in [4.69, 9.17) is 0 Å². The van der Waals surface area contributed by atoms with Gasteiger partial charge in [0.05, 0.1) is 4.90 Å². The van der Waals surface area contributed by atoms with Gasteiger partial charge in [0.15, 0.2) is 0 Å². The van der Waals surface area contributed by atoms with Gasteiger partial charge in [-0.15, -0.1) is 0 Å². The van der Waals surface area contributed by atoms with Crippen LogP contribution in [-0.4, -0.2) is 85.7 Å². The average molecular weight is 463 g/mol. The van der Waals surface area contributed by atoms with Gasteiger partial charge in [0.2, 0.25) is 21.8 Å². The number of sulfonamides is 1. The van der Waals surface area contributed by atoms with E-state index in [0.717, 1.165) is 36.7 Å². The lowest BCUT2D eigenvalue weighted by Crippen LogP contribution is -2.50. The molecule has 1 unspecified atom stereocenters. The molecule has 1 aromatic carbocycles. The molecule has 0 spiro atoms. The van der Waals surface area contributed by atoms with Crippen molar-refractivity contribution < 1.29 is 18.0 Å². The third kappa shape index (κ3) is 5.32. The summed E-state index contributed by atoms with van der Waals surface area (Å²) < 4.78 is 27.6. The molecule has 3 fully saturated rings. The highest BCUT2D eigenvalue weighted by Gasteiger charge is 2.35. The predicted octanol–water partition coefficient (Wildman–Crippen LogP) is 1.27. The molecule has 1 N–H and O–H groups in total. The summed E-state index contributed by atoms with van der Waals surface area (Å²) in [6.45, 7) is 6.88. The Hall–Kier alpha value is -1.97. The van der Waals surface area contributed by atoms with Gasteiger partial charge < -0.3 is 10.2 Å². The van der Waals surface area contributed by atoms with Gasteiger partial charge in [-0.05, 0) is 50.3 Å². The Balaban J connectivity index is 1.22. The largest absolute Gasteiger partial charge is 0.352 e. The molecule has 2 heterocycles. The summed E-state index contributed by atoms with van der Waals surface area (Å²) in [7, 11) is -3.58. The molecule has 176 valence electrons. The smallest absolute Gasteiger partial charge is 0.243 e. The number of carbonyl (C=O) groups is 2. The fourth-order valence-electron chi connectivity index (χ4n) is 4.66. The first-order valence-corrected chi connectivity index (χ1v) is 13.1. The second-order valence-corrected chi connectivity index (χ2v) is 11.2. The van der Waals surface area contributed by atoms with Gasteiger partial charge in [0, 0.05) is 64.2 Å². The molecule has 8 nitrogen and oxygen atoms in total. The maximum absolute atomic E-state index is 13.1. The van der Waals surface area contributed by atoms with E-state index in [2.05, 4.69) is 10.2 Å². The molecule has 2 saturated heterocycles. The molecule has 0 aromatic heterocycles. The van der Waals surface area contributed by atoms with Gasteiger partial charge >= 0.3 is 0 Å². The number of hydrogen-bond donors (Lipinski definition) is 1. The lowest BCUT2D eigenvalue weighted by molar-refractivity contribution is -0.134. The SMILES string of the molecule is Cc1ccc(C)c(S(=O)(=O)N2CCN(C(=O)CCC(=O)NC3CCN(C4CC4)C3)CC2)c1. The number of hydrogen-bond acceptors (Lipinski definition) is 5. The van der Waals surface area contributed by atoms with Crippen LogP contribution in [0.4, 0.5) is 0 Å². The van der Waals surface area contributed by atoms with Crippen molar-refractivity contribution in [3.05, 3.63) is 29.3 Å². The van der Waals surface area contributed by atoms with Crippen LogP contribution in [0.25, 0.3) is 0 Å². The zero-order valence-electron chi connectivity index (χ0n) is 19.0. The average Bonchev–Trinajstić information content (AvgIpc) is 3.53. The molecule has 1 atom stereocenters. The van der Waals surface area contributed by atoms with Crippen molar-refractivity contribution in [2.75, 3.05) is 39.3 Å². The van der Waals surface area contributed by atoms with Crippen LogP contribution in [0.5, 0.6) is 0 Å². The highest BCUT2D eigenvalue weighted by molar-refractivity contribution is 7.89. The number of piperazine rings is 1. The number of carbonyl (C=O) groups excluding carboxylic acids is 2. The summed E-state index contributed by atoms with van der Waals surface area (Å²) in [6, 6.07) is 6.33. The summed E-state index contributed by atoms with van der Waals surface area (Å²) in [5.41, 5.74) is 1.63. The predicted molar refractivity (Wildman–Crippen MR) is 122 cm³/mol. The molecule has 9 heteroatoms. The van der Waals surface area contributed by atoms with Crippen molar-refractivity contribution in [1.29, 1.82) is 0 Å². The first-order chi connectivity index (χ1) is 15.2. The summed E-state index contributed by atoms with van der Waals surface area (Å²) in [5.74, 6) is -0.160. The quantitative estimate of drug-likeness (QED) is 0.659. The number of nitrogens with zero attached hydrogens (tertiary/aromatic N) is 3. The Labute approximate surface area is 191 Å². The monoisotopic (exact) mass is 462 g/mol. The van der Waals surface area contributed by atoms with Gasteiger partial charge in [0.1, 0.15) is 0 Å². The number of benzene rings is 1. The number of likely N-dealkylation sites (tertiary alicyclic amines) is 1. The molecule has 32 heavy (non-hydrogen) atoms. The third-order valence-electron chi connectivity index (χ3n) is 6.77. The molecular weight excluding hydrogens is 428 g/mol. The van der Waals surface area contributed by atoms with E-state index in [1.165, 1.54) is 17.1 Å². The molecular formula is C23H34N4O4S. The van der Waals surface area contributed by atoms with Crippen LogP contribution in [0.1, 0.15) is 43.2 Å². The number of amides is 2. The summed E-state index contributed by atoms with van der Waals surface area (Å²) in [6.07, 6.45) is 3.87. The molecule has 0 radical (unpaired) electrons. The Kier molecular flexibility index (Phi) is 6.88. The zero-order chi connectivity index (χ0) is 22.9. The maximum atomic E-state index is 13.1. The minimum atomic E-state index is -3.58. The van der Waals surface area contributed by atoms with Crippen molar-refractivity contribution in [2.24, 2.45) is 0 Å². The normalized spacial score (nSPS) is 22.8. The summed E-state index contributed by atoms with van der Waals surface area (Å²) in [5, 5.41) is 3.07. The third-order valence-corrected chi connectivity index (χ3v) is 8.81. The van der Waals surface area contributed by atoms with Crippen LogP contribution in [0.3, 0.4) is 0 Å². The molecule has 4 rings (SSSR count). The van der Waals surface area contributed by atoms with E-state index in [1.807, 2.05) is 19.1 Å². The Morgan fingerprint density at radius 3 is 2.41 bits per heavy atom. The van der Waals surface area contributed by atoms with Crippen LogP contribution in [0, 0.1) is 13.8 Å². The van der Waals surface area contributed by atoms with Gasteiger partial charge in [-0.25, -0.2) is 8.42 Å². The Morgan fingerprint density at radius 1 is 1.00 bits per heavy atom. The van der Waals surface area contributed by atoms with Gasteiger partial charge in [0.25, 0.3) is 0 Å². The lowest BCUT2D eigenvalue weighted by atomic mass is 10.2. The molecule has 3 aliphatic rings. The van der Waals surface area contributed by atoms with Crippen molar-refractivity contribution in [3.8, 4) is 0 Å². The number of nitrogens with one attached hydrogen (secondary N) is 1. The fourth-order valence-corrected chi connectivity index (χ4v) is 6.39. The first-order valence-electron chi connectivity index (χ1n) is 11.6. The standard InChI is InChI=1S/C23H34N4O4S/c1-17-3-4-18(2)21(15-17)32(30,31)27-13-11-25(12-14-27)23(29)8-7-22(28)24-19-9-10-26(16-19)20-5-6-20/h3-4,15,19-20H,5-14,16H2,1-2H3,(H,24,28). The second kappa shape index (κ2) is 9.49. The second-order valence-electron chi connectivity index (χ2n) is 9.33. The molecule has 2 aliphatic heterocycles. The molecule has 1 saturated carbocycles. The van der Waals surface area contributed by atoms with Crippen LogP contribution < -0.4 is 5.32 Å². The highest BCUT2D eigenvalue weighted by atomic mass is 32.2. The van der Waals surface area contributed by atoms with Crippen molar-refractivity contribution in [3.63, 3.8) is 0 Å². The minimum absolute atomic E-state index is 0.0721. The van der Waals surface area contributed by atoms with E-state index in [0.29, 0.717) is 18.0 Å². The zero-order valence-corrected chi connectivity index (χ0v) is 19.9. The van der Waals surface area contributed by atoms with E-state index < -0.39 is 10.0 Å². The van der Waals surface area contributed by atoms with E-state index in [1.54, 1.807) is 17.9 Å². The fraction of sp³-hybridized carbons (Fsp3) is 0.652. The topological polar surface area (TPSA) is 90.0 Å². The molecule has 1 aliphatic carbocycles. The number of rotatable bonds is 7. The van der Waals surface area contributed by atoms with E-state index >= 15 is 0 Å². The van der Waals surface area contributed by atoms with E-state index in [-0.39, 0.29) is 43.8 Å². The number of aryl methyl sites for hydroxylation is 2. The maximum Gasteiger partial charge on any atom is 0.243 e. The van der Waals surface area contributed by atoms with Gasteiger partial charge in [-0.3, -0.25) is 14.5 Å². The highest BCUT2D eigenvalue weighted by Crippen LogP contribution is 2.29. The van der Waals surface area contributed by atoms with Gasteiger partial charge in [-0.1, -0.05) is 12.1 Å². The van der Waals surface area contributed by atoms with Crippen molar-refractivity contribution >= 4 is 21.8 Å². The van der Waals surface area contributed by atoms with Crippen LogP contribution in [0.15, 0.2) is 23.1 Å². The summed E-state index contributed by atoms with van der Waals surface area (Å²) in [4.78, 5) is 29.3. The van der Waals surface area contributed by atoms with Crippen LogP contribution in [0.2, 0.25) is 0 Å². The lowest BCUT2D eigenvalue weighted by Gasteiger charge is -2.34. The summed E-state index contributed by atoms with van der Waals surface area (Å²) >= 11 is 0. The molecule has 0 bridgehead atoms. The molecule has 1 aromatic rings. The van der Waals surface area contributed by atoms with E-state index in [9.17, 15) is 18.0 Å². The van der Waals surface area contributed by atoms with Crippen LogP contribution in [-0.2, 0) is 19.6 Å². The van der Waals surface area contributed by atoms with Crippen molar-refractivity contribution in [2.45, 2.75) is 62.9 Å². The van der Waals surface area contributed by atoms with Crippen LogP contribution >= 0.6 is 0 Å².